The minimum atomic E-state index is -0.484. The third kappa shape index (κ3) is 3.94. The minimum Gasteiger partial charge on any atom is -0.465 e. The van der Waals surface area contributed by atoms with Gasteiger partial charge in [-0.1, -0.05) is 6.07 Å². The Morgan fingerprint density at radius 3 is 2.43 bits per heavy atom. The number of hydrogen-bond donors (Lipinski definition) is 0. The molecule has 0 bridgehead atoms. The minimum absolute atomic E-state index is 0.0170. The van der Waals surface area contributed by atoms with Crippen LogP contribution in [0.5, 0.6) is 17.2 Å². The summed E-state index contributed by atoms with van der Waals surface area (Å²) in [5.41, 5.74) is 0.231. The predicted octanol–water partition coefficient (Wildman–Crippen LogP) is 4.65. The zero-order valence-corrected chi connectivity index (χ0v) is 16.4. The van der Waals surface area contributed by atoms with Crippen LogP contribution < -0.4 is 14.9 Å². The molecule has 8 heteroatoms. The molecule has 30 heavy (non-hydrogen) atoms. The molecule has 0 radical (unpaired) electrons. The third-order valence-corrected chi connectivity index (χ3v) is 5.00. The van der Waals surface area contributed by atoms with E-state index in [1.807, 2.05) is 0 Å². The van der Waals surface area contributed by atoms with E-state index >= 15 is 0 Å². The maximum atomic E-state index is 12.7. The Bertz CT molecular complexity index is 1270. The lowest BCUT2D eigenvalue weighted by Gasteiger charge is -2.07. The molecule has 0 aliphatic heterocycles. The van der Waals surface area contributed by atoms with Gasteiger partial charge in [0, 0.05) is 6.07 Å². The molecule has 2 aromatic carbocycles. The molecule has 0 fully saturated rings. The Labute approximate surface area is 174 Å². The van der Waals surface area contributed by atoms with Crippen LogP contribution in [0.2, 0.25) is 0 Å². The fourth-order valence-electron chi connectivity index (χ4n) is 2.68. The maximum absolute atomic E-state index is 12.7. The van der Waals surface area contributed by atoms with Gasteiger partial charge in [-0.2, -0.15) is 0 Å². The lowest BCUT2D eigenvalue weighted by Crippen LogP contribution is -2.08. The van der Waals surface area contributed by atoms with E-state index in [4.69, 9.17) is 13.9 Å². The van der Waals surface area contributed by atoms with Crippen molar-refractivity contribution in [1.29, 1.82) is 0 Å². The highest BCUT2D eigenvalue weighted by molar-refractivity contribution is 7.12. The number of thiophene rings is 1. The average Bonchev–Trinajstić information content (AvgIpc) is 3.31. The second kappa shape index (κ2) is 8.22. The van der Waals surface area contributed by atoms with Crippen molar-refractivity contribution in [3.05, 3.63) is 86.9 Å². The van der Waals surface area contributed by atoms with E-state index in [2.05, 4.69) is 4.74 Å². The second-order valence-corrected chi connectivity index (χ2v) is 7.02. The highest BCUT2D eigenvalue weighted by Gasteiger charge is 2.14. The zero-order chi connectivity index (χ0) is 21.1. The summed E-state index contributed by atoms with van der Waals surface area (Å²) < 4.78 is 21.0. The molecule has 0 spiro atoms. The van der Waals surface area contributed by atoms with Gasteiger partial charge in [0.25, 0.3) is 0 Å². The first kappa shape index (κ1) is 19.4. The summed E-state index contributed by atoms with van der Waals surface area (Å²) in [6.45, 7) is 0. The van der Waals surface area contributed by atoms with Crippen molar-refractivity contribution in [2.75, 3.05) is 7.11 Å². The van der Waals surface area contributed by atoms with Crippen LogP contribution in [-0.2, 0) is 4.74 Å². The van der Waals surface area contributed by atoms with Crippen LogP contribution in [-0.4, -0.2) is 19.0 Å². The van der Waals surface area contributed by atoms with Crippen molar-refractivity contribution < 1.29 is 28.2 Å². The average molecular weight is 422 g/mol. The number of esters is 2. The number of benzene rings is 2. The summed E-state index contributed by atoms with van der Waals surface area (Å²) in [4.78, 5) is 36.7. The molecule has 0 N–H and O–H groups in total. The summed E-state index contributed by atoms with van der Waals surface area (Å²) in [6, 6.07) is 14.0. The van der Waals surface area contributed by atoms with E-state index < -0.39 is 11.9 Å². The molecule has 0 aliphatic carbocycles. The number of ether oxygens (including phenoxy) is 3. The summed E-state index contributed by atoms with van der Waals surface area (Å²) >= 11 is 1.27. The van der Waals surface area contributed by atoms with E-state index in [1.165, 1.54) is 55.0 Å². The Hall–Kier alpha value is -3.91. The van der Waals surface area contributed by atoms with Crippen molar-refractivity contribution in [3.63, 3.8) is 0 Å². The molecular formula is C22H14O7S. The Balaban J connectivity index is 1.56. The first-order valence-electron chi connectivity index (χ1n) is 8.72. The highest BCUT2D eigenvalue weighted by Crippen LogP contribution is 2.25. The van der Waals surface area contributed by atoms with Crippen LogP contribution in [0.4, 0.5) is 0 Å². The first-order chi connectivity index (χ1) is 14.5. The molecule has 0 saturated carbocycles. The van der Waals surface area contributed by atoms with Crippen molar-refractivity contribution in [2.24, 2.45) is 0 Å². The van der Waals surface area contributed by atoms with E-state index in [-0.39, 0.29) is 27.9 Å². The molecule has 7 nitrogen and oxygen atoms in total. The fraction of sp³-hybridized carbons (Fsp3) is 0.0455. The van der Waals surface area contributed by atoms with Crippen molar-refractivity contribution in [3.8, 4) is 17.2 Å². The number of rotatable bonds is 5. The van der Waals surface area contributed by atoms with E-state index in [0.29, 0.717) is 16.2 Å². The maximum Gasteiger partial charge on any atom is 0.353 e. The summed E-state index contributed by atoms with van der Waals surface area (Å²) in [5.74, 6) is -0.354. The Kier molecular flexibility index (Phi) is 5.32. The van der Waals surface area contributed by atoms with Crippen molar-refractivity contribution in [2.45, 2.75) is 0 Å². The zero-order valence-electron chi connectivity index (χ0n) is 15.6. The van der Waals surface area contributed by atoms with Crippen molar-refractivity contribution in [1.82, 2.24) is 0 Å². The van der Waals surface area contributed by atoms with Gasteiger partial charge in [-0.3, -0.25) is 4.79 Å². The van der Waals surface area contributed by atoms with Gasteiger partial charge < -0.3 is 18.6 Å². The smallest absolute Gasteiger partial charge is 0.353 e. The lowest BCUT2D eigenvalue weighted by molar-refractivity contribution is 0.0600. The van der Waals surface area contributed by atoms with Gasteiger partial charge in [-0.15, -0.1) is 11.3 Å². The number of fused-ring (bicyclic) bond motifs is 1. The molecule has 4 aromatic rings. The fourth-order valence-corrected chi connectivity index (χ4v) is 3.28. The normalized spacial score (nSPS) is 10.6. The van der Waals surface area contributed by atoms with Crippen LogP contribution in [0.15, 0.2) is 75.5 Å². The van der Waals surface area contributed by atoms with Gasteiger partial charge in [0.05, 0.1) is 18.1 Å². The van der Waals surface area contributed by atoms with Gasteiger partial charge >= 0.3 is 11.9 Å². The van der Waals surface area contributed by atoms with E-state index in [9.17, 15) is 14.4 Å². The van der Waals surface area contributed by atoms with Crippen LogP contribution in [0.3, 0.4) is 0 Å². The van der Waals surface area contributed by atoms with Crippen LogP contribution in [0, 0.1) is 0 Å². The SMILES string of the molecule is COC(=O)c1ccc(Oc2coc3cc(OC(=O)c4cccs4)ccc3c2=O)cc1. The standard InChI is InChI=1S/C22H14O7S/c1-26-21(24)13-4-6-14(7-5-13)28-18-12-27-17-11-15(8-9-16(17)20(18)23)29-22(25)19-3-2-10-30-19/h2-12H,1H3. The molecular weight excluding hydrogens is 408 g/mol. The molecule has 2 aromatic heterocycles. The summed E-state index contributed by atoms with van der Waals surface area (Å²) in [5, 5.41) is 2.05. The predicted molar refractivity (Wildman–Crippen MR) is 110 cm³/mol. The molecule has 0 amide bonds. The molecule has 0 unspecified atom stereocenters. The van der Waals surface area contributed by atoms with Gasteiger partial charge in [0.1, 0.15) is 28.2 Å². The molecule has 0 aliphatic rings. The number of methoxy groups -OCH3 is 1. The van der Waals surface area contributed by atoms with Crippen molar-refractivity contribution >= 4 is 34.2 Å². The highest BCUT2D eigenvalue weighted by atomic mass is 32.1. The van der Waals surface area contributed by atoms with Crippen LogP contribution >= 0.6 is 11.3 Å². The molecule has 0 saturated heterocycles. The topological polar surface area (TPSA) is 92.0 Å². The molecule has 0 atom stereocenters. The largest absolute Gasteiger partial charge is 0.465 e. The third-order valence-electron chi connectivity index (χ3n) is 4.15. The Morgan fingerprint density at radius 2 is 1.73 bits per heavy atom. The quantitative estimate of drug-likeness (QED) is 0.341. The van der Waals surface area contributed by atoms with Gasteiger partial charge in [0.15, 0.2) is 0 Å². The van der Waals surface area contributed by atoms with Gasteiger partial charge in [0.2, 0.25) is 11.2 Å². The van der Waals surface area contributed by atoms with E-state index in [0.717, 1.165) is 0 Å². The number of hydrogen-bond acceptors (Lipinski definition) is 8. The van der Waals surface area contributed by atoms with Gasteiger partial charge in [-0.05, 0) is 47.8 Å². The molecule has 150 valence electrons. The summed E-state index contributed by atoms with van der Waals surface area (Å²) in [7, 11) is 1.29. The Morgan fingerprint density at radius 1 is 0.967 bits per heavy atom. The number of carbonyl (C=O) groups is 2. The van der Waals surface area contributed by atoms with Crippen LogP contribution in [0.25, 0.3) is 11.0 Å². The van der Waals surface area contributed by atoms with E-state index in [1.54, 1.807) is 29.6 Å². The first-order valence-corrected chi connectivity index (χ1v) is 9.60. The molecule has 2 heterocycles. The summed E-state index contributed by atoms with van der Waals surface area (Å²) in [6.07, 6.45) is 1.18. The lowest BCUT2D eigenvalue weighted by atomic mass is 10.2. The van der Waals surface area contributed by atoms with Gasteiger partial charge in [-0.25, -0.2) is 9.59 Å². The molecule has 4 rings (SSSR count). The second-order valence-electron chi connectivity index (χ2n) is 6.07. The number of carbonyl (C=O) groups excluding carboxylic acids is 2. The van der Waals surface area contributed by atoms with Crippen LogP contribution in [0.1, 0.15) is 20.0 Å². The monoisotopic (exact) mass is 422 g/mol.